The van der Waals surface area contributed by atoms with Gasteiger partial charge in [0.05, 0.1) is 13.7 Å². The molecule has 2 aliphatic rings. The molecule has 0 unspecified atom stereocenters. The molecule has 9 nitrogen and oxygen atoms in total. The van der Waals surface area contributed by atoms with Crippen molar-refractivity contribution in [1.29, 1.82) is 0 Å². The Morgan fingerprint density at radius 3 is 2.57 bits per heavy atom. The van der Waals surface area contributed by atoms with Crippen molar-refractivity contribution in [2.75, 3.05) is 26.8 Å². The molecule has 4 rings (SSSR count). The highest BCUT2D eigenvalue weighted by atomic mass is 16.5. The highest BCUT2D eigenvalue weighted by molar-refractivity contribution is 5.98. The van der Waals surface area contributed by atoms with Gasteiger partial charge < -0.3 is 19.7 Å². The third kappa shape index (κ3) is 6.10. The summed E-state index contributed by atoms with van der Waals surface area (Å²) in [6.45, 7) is 7.43. The van der Waals surface area contributed by atoms with Gasteiger partial charge in [0.1, 0.15) is 17.5 Å². The Balaban J connectivity index is 1.56. The summed E-state index contributed by atoms with van der Waals surface area (Å²) in [6.07, 6.45) is 4.69. The topological polar surface area (TPSA) is 101 Å². The number of piperidine rings is 1. The van der Waals surface area contributed by atoms with Crippen LogP contribution >= 0.6 is 0 Å². The molecule has 9 heteroatoms. The lowest BCUT2D eigenvalue weighted by molar-refractivity contribution is -0.145. The summed E-state index contributed by atoms with van der Waals surface area (Å²) in [5, 5.41) is 2.93. The molecule has 2 fully saturated rings. The summed E-state index contributed by atoms with van der Waals surface area (Å²) in [5.41, 5.74) is 0.206. The van der Waals surface area contributed by atoms with Crippen LogP contribution in [-0.4, -0.2) is 71.1 Å². The van der Waals surface area contributed by atoms with Crippen molar-refractivity contribution in [3.63, 3.8) is 0 Å². The van der Waals surface area contributed by atoms with Gasteiger partial charge in [-0.25, -0.2) is 0 Å². The molecule has 1 N–H and O–H groups in total. The van der Waals surface area contributed by atoms with Crippen molar-refractivity contribution < 1.29 is 23.9 Å². The van der Waals surface area contributed by atoms with Crippen molar-refractivity contribution in [3.8, 4) is 5.75 Å². The number of carbonyl (C=O) groups is 3. The Kier molecular flexibility index (Phi) is 7.82. The van der Waals surface area contributed by atoms with E-state index in [0.717, 1.165) is 5.56 Å². The van der Waals surface area contributed by atoms with Gasteiger partial charge in [-0.05, 0) is 35.2 Å². The third-order valence-corrected chi connectivity index (χ3v) is 6.87. The highest BCUT2D eigenvalue weighted by Gasteiger charge is 2.54. The summed E-state index contributed by atoms with van der Waals surface area (Å²) in [4.78, 5) is 47.6. The maximum atomic E-state index is 13.9. The first-order chi connectivity index (χ1) is 17.6. The van der Waals surface area contributed by atoms with Gasteiger partial charge in [0.2, 0.25) is 11.8 Å². The molecule has 198 valence electrons. The summed E-state index contributed by atoms with van der Waals surface area (Å²) in [5.74, 6) is 0.0626. The molecule has 1 spiro atoms. The van der Waals surface area contributed by atoms with E-state index in [-0.39, 0.29) is 29.7 Å². The van der Waals surface area contributed by atoms with Crippen LogP contribution in [0.2, 0.25) is 0 Å². The summed E-state index contributed by atoms with van der Waals surface area (Å²) in [7, 11) is 1.54. The summed E-state index contributed by atoms with van der Waals surface area (Å²) in [6, 6.07) is 9.79. The van der Waals surface area contributed by atoms with Crippen LogP contribution in [0.1, 0.15) is 56.0 Å². The largest absolute Gasteiger partial charge is 0.497 e. The fourth-order valence-electron chi connectivity index (χ4n) is 4.94. The van der Waals surface area contributed by atoms with Crippen molar-refractivity contribution in [1.82, 2.24) is 20.1 Å². The first-order valence-electron chi connectivity index (χ1n) is 12.7. The third-order valence-electron chi connectivity index (χ3n) is 6.87. The average molecular weight is 509 g/mol. The van der Waals surface area contributed by atoms with Gasteiger partial charge in [-0.1, -0.05) is 32.9 Å². The SMILES string of the molecule is COc1cccc(C(=O)N2[C@H](C(=O)NCc3cccnc3)COC23CCN(C(=O)CC(C)(C)C)CC3)c1. The van der Waals surface area contributed by atoms with Crippen LogP contribution in [0.25, 0.3) is 0 Å². The van der Waals surface area contributed by atoms with Crippen molar-refractivity contribution in [2.45, 2.75) is 58.3 Å². The predicted molar refractivity (Wildman–Crippen MR) is 138 cm³/mol. The van der Waals surface area contributed by atoms with E-state index in [0.29, 0.717) is 50.2 Å². The molecular formula is C28H36N4O5. The van der Waals surface area contributed by atoms with E-state index in [1.807, 2.05) is 37.8 Å². The second kappa shape index (κ2) is 10.9. The van der Waals surface area contributed by atoms with Gasteiger partial charge >= 0.3 is 0 Å². The van der Waals surface area contributed by atoms with Crippen LogP contribution in [0, 0.1) is 5.41 Å². The fourth-order valence-corrected chi connectivity index (χ4v) is 4.94. The Labute approximate surface area is 218 Å². The van der Waals surface area contributed by atoms with E-state index in [9.17, 15) is 14.4 Å². The van der Waals surface area contributed by atoms with Gasteiger partial charge in [0.25, 0.3) is 5.91 Å². The summed E-state index contributed by atoms with van der Waals surface area (Å²) >= 11 is 0. The number of nitrogens with one attached hydrogen (secondary N) is 1. The zero-order valence-corrected chi connectivity index (χ0v) is 22.0. The zero-order valence-electron chi connectivity index (χ0n) is 22.0. The number of benzene rings is 1. The molecule has 2 saturated heterocycles. The molecule has 1 aromatic carbocycles. The van der Waals surface area contributed by atoms with Gasteiger partial charge in [-0.2, -0.15) is 0 Å². The van der Waals surface area contributed by atoms with E-state index in [4.69, 9.17) is 9.47 Å². The lowest BCUT2D eigenvalue weighted by atomic mass is 9.90. The molecule has 0 aliphatic carbocycles. The molecule has 0 saturated carbocycles. The molecule has 3 amide bonds. The predicted octanol–water partition coefficient (Wildman–Crippen LogP) is 3.00. The van der Waals surface area contributed by atoms with Crippen LogP contribution in [0.5, 0.6) is 5.75 Å². The molecule has 2 aromatic rings. The molecule has 37 heavy (non-hydrogen) atoms. The van der Waals surface area contributed by atoms with Crippen molar-refractivity contribution in [2.24, 2.45) is 5.41 Å². The highest BCUT2D eigenvalue weighted by Crippen LogP contribution is 2.39. The Morgan fingerprint density at radius 1 is 1.16 bits per heavy atom. The van der Waals surface area contributed by atoms with Crippen molar-refractivity contribution in [3.05, 3.63) is 59.9 Å². The fraction of sp³-hybridized carbons (Fsp3) is 0.500. The normalized spacial score (nSPS) is 19.1. The average Bonchev–Trinajstić information content (AvgIpc) is 3.25. The number of hydrogen-bond acceptors (Lipinski definition) is 6. The van der Waals surface area contributed by atoms with Gasteiger partial charge in [0.15, 0.2) is 0 Å². The Bertz CT molecular complexity index is 1120. The first kappa shape index (κ1) is 26.6. The van der Waals surface area contributed by atoms with E-state index in [2.05, 4.69) is 10.3 Å². The Morgan fingerprint density at radius 2 is 1.92 bits per heavy atom. The minimum Gasteiger partial charge on any atom is -0.497 e. The molecular weight excluding hydrogens is 472 g/mol. The van der Waals surface area contributed by atoms with Crippen LogP contribution in [0.4, 0.5) is 0 Å². The number of nitrogens with zero attached hydrogens (tertiary/aromatic N) is 3. The van der Waals surface area contributed by atoms with Gasteiger partial charge in [-0.15, -0.1) is 0 Å². The number of aromatic nitrogens is 1. The minimum absolute atomic E-state index is 0.0878. The van der Waals surface area contributed by atoms with Gasteiger partial charge in [-0.3, -0.25) is 24.3 Å². The second-order valence-electron chi connectivity index (χ2n) is 10.9. The van der Waals surface area contributed by atoms with E-state index in [1.54, 1.807) is 48.7 Å². The Hall–Kier alpha value is -3.46. The molecule has 0 radical (unpaired) electrons. The van der Waals surface area contributed by atoms with Crippen LogP contribution in [0.3, 0.4) is 0 Å². The van der Waals surface area contributed by atoms with Gasteiger partial charge in [0, 0.05) is 56.9 Å². The number of hydrogen-bond donors (Lipinski definition) is 1. The molecule has 1 atom stereocenters. The van der Waals surface area contributed by atoms with Crippen LogP contribution in [0.15, 0.2) is 48.8 Å². The molecule has 0 bridgehead atoms. The maximum Gasteiger partial charge on any atom is 0.257 e. The second-order valence-corrected chi connectivity index (χ2v) is 10.9. The monoisotopic (exact) mass is 508 g/mol. The van der Waals surface area contributed by atoms with E-state index >= 15 is 0 Å². The molecule has 2 aliphatic heterocycles. The van der Waals surface area contributed by atoms with Crippen molar-refractivity contribution >= 4 is 17.7 Å². The number of ether oxygens (including phenoxy) is 2. The van der Waals surface area contributed by atoms with Crippen LogP contribution < -0.4 is 10.1 Å². The number of amides is 3. The molecule has 1 aromatic heterocycles. The summed E-state index contributed by atoms with van der Waals surface area (Å²) < 4.78 is 11.6. The zero-order chi connectivity index (χ0) is 26.6. The number of methoxy groups -OCH3 is 1. The smallest absolute Gasteiger partial charge is 0.257 e. The number of likely N-dealkylation sites (tertiary alicyclic amines) is 1. The standard InChI is InChI=1S/C28H36N4O5/c1-27(2,3)16-24(33)31-13-10-28(11-14-31)32(26(35)21-8-5-9-22(15-21)36-4)23(19-37-28)25(34)30-18-20-7-6-12-29-17-20/h5-9,12,15,17,23H,10-11,13-14,16,18-19H2,1-4H3,(H,30,34)/t23-/m0/s1. The lowest BCUT2D eigenvalue weighted by Crippen LogP contribution is -2.59. The van der Waals surface area contributed by atoms with E-state index in [1.165, 1.54) is 0 Å². The van der Waals surface area contributed by atoms with Crippen LogP contribution in [-0.2, 0) is 20.9 Å². The van der Waals surface area contributed by atoms with E-state index < -0.39 is 11.8 Å². The number of carbonyl (C=O) groups excluding carboxylic acids is 3. The maximum absolute atomic E-state index is 13.9. The number of pyridine rings is 1. The molecule has 3 heterocycles. The first-order valence-corrected chi connectivity index (χ1v) is 12.7. The quantitative estimate of drug-likeness (QED) is 0.644. The lowest BCUT2D eigenvalue weighted by Gasteiger charge is -2.44. The number of rotatable bonds is 6. The minimum atomic E-state index is -0.963.